The average molecular weight is 398 g/mol. The summed E-state index contributed by atoms with van der Waals surface area (Å²) in [6, 6.07) is 12.9. The van der Waals surface area contributed by atoms with Crippen molar-refractivity contribution in [1.82, 2.24) is 14.9 Å². The summed E-state index contributed by atoms with van der Waals surface area (Å²) in [5, 5.41) is 0.622. The van der Waals surface area contributed by atoms with Crippen LogP contribution in [-0.2, 0) is 4.79 Å². The third-order valence-corrected chi connectivity index (χ3v) is 4.83. The number of rotatable bonds is 8. The fourth-order valence-corrected chi connectivity index (χ4v) is 3.10. The van der Waals surface area contributed by atoms with E-state index in [-0.39, 0.29) is 11.7 Å². The first-order valence-electron chi connectivity index (χ1n) is 9.30. The van der Waals surface area contributed by atoms with Gasteiger partial charge in [0.25, 0.3) is 0 Å². The van der Waals surface area contributed by atoms with Crippen LogP contribution in [0.15, 0.2) is 48.7 Å². The van der Waals surface area contributed by atoms with Crippen LogP contribution in [0, 0.1) is 0 Å². The van der Waals surface area contributed by atoms with Crippen molar-refractivity contribution >= 4 is 28.4 Å². The van der Waals surface area contributed by atoms with Crippen LogP contribution in [0.5, 0.6) is 11.6 Å². The lowest BCUT2D eigenvalue weighted by molar-refractivity contribution is -0.120. The molecule has 0 spiro atoms. The Balaban J connectivity index is 1.64. The van der Waals surface area contributed by atoms with E-state index in [1.807, 2.05) is 51.4 Å². The van der Waals surface area contributed by atoms with E-state index in [1.54, 1.807) is 18.3 Å². The SMILES string of the molecule is CC(C(=O)CCCN(C)C)c1ccc(Oc2cnc3cc(Cl)ccc3n2)cc1. The van der Waals surface area contributed by atoms with Crippen molar-refractivity contribution in [1.29, 1.82) is 0 Å². The number of aromatic nitrogens is 2. The van der Waals surface area contributed by atoms with Gasteiger partial charge in [-0.1, -0.05) is 30.7 Å². The molecular weight excluding hydrogens is 374 g/mol. The molecular formula is C22H24ClN3O2. The van der Waals surface area contributed by atoms with E-state index in [1.165, 1.54) is 0 Å². The minimum absolute atomic E-state index is 0.124. The summed E-state index contributed by atoms with van der Waals surface area (Å²) in [6.07, 6.45) is 3.04. The van der Waals surface area contributed by atoms with Gasteiger partial charge in [0.1, 0.15) is 11.5 Å². The number of carbonyl (C=O) groups is 1. The maximum absolute atomic E-state index is 12.4. The fourth-order valence-electron chi connectivity index (χ4n) is 2.93. The Morgan fingerprint density at radius 3 is 2.61 bits per heavy atom. The lowest BCUT2D eigenvalue weighted by Gasteiger charge is -2.13. The lowest BCUT2D eigenvalue weighted by atomic mass is 9.94. The molecule has 28 heavy (non-hydrogen) atoms. The number of ether oxygens (including phenoxy) is 1. The van der Waals surface area contributed by atoms with Gasteiger partial charge in [0.15, 0.2) is 0 Å². The molecule has 0 amide bonds. The molecule has 2 aromatic carbocycles. The molecule has 1 aromatic heterocycles. The second kappa shape index (κ2) is 9.13. The number of ketones is 1. The molecule has 1 heterocycles. The number of hydrogen-bond donors (Lipinski definition) is 0. The predicted molar refractivity (Wildman–Crippen MR) is 112 cm³/mol. The van der Waals surface area contributed by atoms with E-state index in [0.717, 1.165) is 29.6 Å². The molecule has 1 unspecified atom stereocenters. The third-order valence-electron chi connectivity index (χ3n) is 4.60. The molecule has 0 fully saturated rings. The predicted octanol–water partition coefficient (Wildman–Crippen LogP) is 5.09. The summed E-state index contributed by atoms with van der Waals surface area (Å²) in [5.74, 6) is 1.20. The minimum Gasteiger partial charge on any atom is -0.437 e. The van der Waals surface area contributed by atoms with Crippen LogP contribution in [0.25, 0.3) is 11.0 Å². The quantitative estimate of drug-likeness (QED) is 0.529. The van der Waals surface area contributed by atoms with E-state index in [9.17, 15) is 4.79 Å². The Bertz CT molecular complexity index is 958. The molecule has 6 heteroatoms. The number of carbonyl (C=O) groups excluding carboxylic acids is 1. The Labute approximate surface area is 170 Å². The summed E-state index contributed by atoms with van der Waals surface area (Å²) in [6.45, 7) is 2.87. The summed E-state index contributed by atoms with van der Waals surface area (Å²) in [4.78, 5) is 23.2. The highest BCUT2D eigenvalue weighted by molar-refractivity contribution is 6.31. The third kappa shape index (κ3) is 5.27. The van der Waals surface area contributed by atoms with Crippen molar-refractivity contribution in [2.75, 3.05) is 20.6 Å². The van der Waals surface area contributed by atoms with E-state index in [0.29, 0.717) is 23.1 Å². The zero-order chi connectivity index (χ0) is 20.1. The van der Waals surface area contributed by atoms with E-state index < -0.39 is 0 Å². The summed E-state index contributed by atoms with van der Waals surface area (Å²) in [5.41, 5.74) is 2.42. The van der Waals surface area contributed by atoms with Gasteiger partial charge in [-0.05, 0) is 63.0 Å². The molecule has 0 saturated carbocycles. The first kappa shape index (κ1) is 20.2. The molecule has 1 atom stereocenters. The monoisotopic (exact) mass is 397 g/mol. The van der Waals surface area contributed by atoms with Gasteiger partial charge in [-0.2, -0.15) is 0 Å². The maximum atomic E-state index is 12.4. The molecule has 0 aliphatic rings. The molecule has 3 rings (SSSR count). The zero-order valence-corrected chi connectivity index (χ0v) is 17.1. The Morgan fingerprint density at radius 2 is 1.89 bits per heavy atom. The first-order valence-corrected chi connectivity index (χ1v) is 9.68. The van der Waals surface area contributed by atoms with Crippen molar-refractivity contribution in [3.63, 3.8) is 0 Å². The topological polar surface area (TPSA) is 55.3 Å². The van der Waals surface area contributed by atoms with Crippen LogP contribution < -0.4 is 4.74 Å². The van der Waals surface area contributed by atoms with Crippen LogP contribution in [-0.4, -0.2) is 41.3 Å². The molecule has 0 aliphatic carbocycles. The highest BCUT2D eigenvalue weighted by Gasteiger charge is 2.15. The lowest BCUT2D eigenvalue weighted by Crippen LogP contribution is -2.16. The average Bonchev–Trinajstić information content (AvgIpc) is 2.68. The Kier molecular flexibility index (Phi) is 6.60. The van der Waals surface area contributed by atoms with Crippen LogP contribution in [0.3, 0.4) is 0 Å². The van der Waals surface area contributed by atoms with Gasteiger partial charge in [0, 0.05) is 17.4 Å². The number of Topliss-reactive ketones (excluding diaryl/α,β-unsaturated/α-hetero) is 1. The van der Waals surface area contributed by atoms with Crippen molar-refractivity contribution < 1.29 is 9.53 Å². The standard InChI is InChI=1S/C22H24ClN3O2/c1-15(21(27)5-4-12-26(2)3)16-6-9-18(10-7-16)28-22-14-24-20-13-17(23)8-11-19(20)25-22/h6-11,13-15H,4-5,12H2,1-3H3. The molecule has 0 saturated heterocycles. The van der Waals surface area contributed by atoms with E-state index >= 15 is 0 Å². The molecule has 3 aromatic rings. The van der Waals surface area contributed by atoms with Crippen molar-refractivity contribution in [3.8, 4) is 11.6 Å². The van der Waals surface area contributed by atoms with Gasteiger partial charge >= 0.3 is 0 Å². The number of nitrogens with zero attached hydrogens (tertiary/aromatic N) is 3. The highest BCUT2D eigenvalue weighted by Crippen LogP contribution is 2.25. The summed E-state index contributed by atoms with van der Waals surface area (Å²) >= 11 is 5.97. The minimum atomic E-state index is -0.124. The smallest absolute Gasteiger partial charge is 0.238 e. The number of fused-ring (bicyclic) bond motifs is 1. The van der Waals surface area contributed by atoms with E-state index in [4.69, 9.17) is 16.3 Å². The molecule has 0 N–H and O–H groups in total. The van der Waals surface area contributed by atoms with Gasteiger partial charge in [-0.25, -0.2) is 9.97 Å². The summed E-state index contributed by atoms with van der Waals surface area (Å²) < 4.78 is 5.81. The van der Waals surface area contributed by atoms with Crippen LogP contribution >= 0.6 is 11.6 Å². The van der Waals surface area contributed by atoms with Crippen LogP contribution in [0.4, 0.5) is 0 Å². The largest absolute Gasteiger partial charge is 0.437 e. The Morgan fingerprint density at radius 1 is 1.14 bits per heavy atom. The van der Waals surface area contributed by atoms with Gasteiger partial charge in [-0.3, -0.25) is 4.79 Å². The van der Waals surface area contributed by atoms with Gasteiger partial charge < -0.3 is 9.64 Å². The second-order valence-electron chi connectivity index (χ2n) is 7.11. The van der Waals surface area contributed by atoms with Gasteiger partial charge in [0.05, 0.1) is 17.2 Å². The maximum Gasteiger partial charge on any atom is 0.238 e. The summed E-state index contributed by atoms with van der Waals surface area (Å²) in [7, 11) is 4.03. The normalized spacial score (nSPS) is 12.3. The molecule has 0 aliphatic heterocycles. The molecule has 146 valence electrons. The van der Waals surface area contributed by atoms with Gasteiger partial charge in [0.2, 0.25) is 5.88 Å². The van der Waals surface area contributed by atoms with Crippen molar-refractivity contribution in [3.05, 3.63) is 59.2 Å². The highest BCUT2D eigenvalue weighted by atomic mass is 35.5. The molecule has 0 bridgehead atoms. The second-order valence-corrected chi connectivity index (χ2v) is 7.54. The van der Waals surface area contributed by atoms with E-state index in [2.05, 4.69) is 14.9 Å². The zero-order valence-electron chi connectivity index (χ0n) is 16.4. The number of benzene rings is 2. The number of halogens is 1. The van der Waals surface area contributed by atoms with Gasteiger partial charge in [-0.15, -0.1) is 0 Å². The van der Waals surface area contributed by atoms with Crippen LogP contribution in [0.2, 0.25) is 5.02 Å². The Hall–Kier alpha value is -2.50. The van der Waals surface area contributed by atoms with Crippen LogP contribution in [0.1, 0.15) is 31.2 Å². The fraction of sp³-hybridized carbons (Fsp3) is 0.318. The van der Waals surface area contributed by atoms with Crippen molar-refractivity contribution in [2.45, 2.75) is 25.7 Å². The molecule has 5 nitrogen and oxygen atoms in total. The molecule has 0 radical (unpaired) electrons. The first-order chi connectivity index (χ1) is 13.4. The van der Waals surface area contributed by atoms with Crippen molar-refractivity contribution in [2.24, 2.45) is 0 Å². The number of hydrogen-bond acceptors (Lipinski definition) is 5.